The molecule has 0 radical (unpaired) electrons. The quantitative estimate of drug-likeness (QED) is 0.605. The molecule has 1 heterocycles. The maximum Gasteiger partial charge on any atom is 0.325 e. The maximum absolute atomic E-state index is 12.2. The van der Waals surface area contributed by atoms with Gasteiger partial charge in [0.05, 0.1) is 31.7 Å². The molecule has 3 rings (SSSR count). The van der Waals surface area contributed by atoms with Crippen molar-refractivity contribution in [1.29, 1.82) is 0 Å². The zero-order valence-electron chi connectivity index (χ0n) is 16.0. The summed E-state index contributed by atoms with van der Waals surface area (Å²) in [6.45, 7) is 0.519. The van der Waals surface area contributed by atoms with Crippen LogP contribution in [0.3, 0.4) is 0 Å². The summed E-state index contributed by atoms with van der Waals surface area (Å²) in [4.78, 5) is 28.5. The normalized spacial score (nSPS) is 10.6. The minimum atomic E-state index is -0.340. The van der Waals surface area contributed by atoms with Gasteiger partial charge in [-0.3, -0.25) is 9.59 Å². The number of carbonyl (C=O) groups is 2. The molecule has 0 saturated carbocycles. The Kier molecular flexibility index (Phi) is 6.26. The highest BCUT2D eigenvalue weighted by Gasteiger charge is 2.14. The second-order valence-electron chi connectivity index (χ2n) is 6.30. The first-order valence-corrected chi connectivity index (χ1v) is 9.01. The molecule has 2 aromatic carbocycles. The first kappa shape index (κ1) is 19.4. The molecule has 0 spiro atoms. The van der Waals surface area contributed by atoms with Gasteiger partial charge in [-0.2, -0.15) is 0 Å². The third kappa shape index (κ3) is 4.68. The smallest absolute Gasteiger partial charge is 0.325 e. The van der Waals surface area contributed by atoms with Gasteiger partial charge in [-0.1, -0.05) is 24.3 Å². The number of hydrogen-bond acceptors (Lipinski definition) is 5. The molecule has 146 valence electrons. The van der Waals surface area contributed by atoms with Crippen LogP contribution < -0.4 is 10.1 Å². The number of benzene rings is 2. The molecule has 0 aliphatic carbocycles. The molecule has 1 N–H and O–H groups in total. The van der Waals surface area contributed by atoms with Crippen molar-refractivity contribution in [2.75, 3.05) is 20.8 Å². The van der Waals surface area contributed by atoms with E-state index in [1.54, 1.807) is 7.11 Å². The minimum Gasteiger partial charge on any atom is -0.497 e. The molecule has 7 heteroatoms. The SMILES string of the molecule is COC(=O)Cn1c(CCNC(=O)Cc2ccc(OC)cc2)nc2ccccc21. The van der Waals surface area contributed by atoms with Crippen LogP contribution >= 0.6 is 0 Å². The number of carbonyl (C=O) groups excluding carboxylic acids is 2. The van der Waals surface area contributed by atoms with Crippen LogP contribution in [0.2, 0.25) is 0 Å². The van der Waals surface area contributed by atoms with E-state index in [1.165, 1.54) is 7.11 Å². The van der Waals surface area contributed by atoms with Crippen LogP contribution in [-0.2, 0) is 33.7 Å². The second-order valence-corrected chi connectivity index (χ2v) is 6.30. The molecule has 0 aliphatic heterocycles. The first-order valence-electron chi connectivity index (χ1n) is 9.01. The Bertz CT molecular complexity index is 963. The van der Waals surface area contributed by atoms with Crippen LogP contribution in [0.15, 0.2) is 48.5 Å². The van der Waals surface area contributed by atoms with Crippen molar-refractivity contribution >= 4 is 22.9 Å². The van der Waals surface area contributed by atoms with Crippen molar-refractivity contribution in [3.05, 3.63) is 59.9 Å². The molecule has 0 unspecified atom stereocenters. The summed E-state index contributed by atoms with van der Waals surface area (Å²) in [5, 5.41) is 2.91. The van der Waals surface area contributed by atoms with Crippen molar-refractivity contribution in [1.82, 2.24) is 14.9 Å². The molecule has 7 nitrogen and oxygen atoms in total. The van der Waals surface area contributed by atoms with Gasteiger partial charge in [0, 0.05) is 13.0 Å². The highest BCUT2D eigenvalue weighted by Crippen LogP contribution is 2.16. The Hall–Kier alpha value is -3.35. The van der Waals surface area contributed by atoms with Gasteiger partial charge in [0.15, 0.2) is 0 Å². The summed E-state index contributed by atoms with van der Waals surface area (Å²) in [5.74, 6) is 1.08. The number of nitrogens with one attached hydrogen (secondary N) is 1. The number of nitrogens with zero attached hydrogens (tertiary/aromatic N) is 2. The van der Waals surface area contributed by atoms with Crippen molar-refractivity contribution < 1.29 is 19.1 Å². The highest BCUT2D eigenvalue weighted by atomic mass is 16.5. The zero-order chi connectivity index (χ0) is 19.9. The van der Waals surface area contributed by atoms with Gasteiger partial charge in [0.25, 0.3) is 0 Å². The number of amides is 1. The number of para-hydroxylation sites is 2. The lowest BCUT2D eigenvalue weighted by Crippen LogP contribution is -2.28. The lowest BCUT2D eigenvalue weighted by Gasteiger charge is -2.09. The number of imidazole rings is 1. The molecule has 28 heavy (non-hydrogen) atoms. The average molecular weight is 381 g/mol. The monoisotopic (exact) mass is 381 g/mol. The fourth-order valence-electron chi connectivity index (χ4n) is 2.99. The van der Waals surface area contributed by atoms with Gasteiger partial charge in [0.1, 0.15) is 18.1 Å². The maximum atomic E-state index is 12.2. The van der Waals surface area contributed by atoms with E-state index in [9.17, 15) is 9.59 Å². The zero-order valence-corrected chi connectivity index (χ0v) is 16.0. The molecule has 0 atom stereocenters. The summed E-state index contributed by atoms with van der Waals surface area (Å²) < 4.78 is 11.7. The van der Waals surface area contributed by atoms with E-state index in [4.69, 9.17) is 9.47 Å². The van der Waals surface area contributed by atoms with Crippen molar-refractivity contribution in [2.24, 2.45) is 0 Å². The first-order chi connectivity index (χ1) is 13.6. The van der Waals surface area contributed by atoms with Gasteiger partial charge in [-0.25, -0.2) is 4.98 Å². The molecular formula is C21H23N3O4. The van der Waals surface area contributed by atoms with Crippen molar-refractivity contribution in [2.45, 2.75) is 19.4 Å². The Balaban J connectivity index is 1.62. The number of methoxy groups -OCH3 is 2. The number of rotatable bonds is 8. The standard InChI is InChI=1S/C21H23N3O4/c1-27-16-9-7-15(8-10-16)13-20(25)22-12-11-19-23-17-5-3-4-6-18(17)24(19)14-21(26)28-2/h3-10H,11-14H2,1-2H3,(H,22,25). The lowest BCUT2D eigenvalue weighted by atomic mass is 10.1. The van der Waals surface area contributed by atoms with Gasteiger partial charge in [-0.15, -0.1) is 0 Å². The van der Waals surface area contributed by atoms with Crippen molar-refractivity contribution in [3.63, 3.8) is 0 Å². The van der Waals surface area contributed by atoms with Gasteiger partial charge in [-0.05, 0) is 29.8 Å². The van der Waals surface area contributed by atoms with E-state index in [2.05, 4.69) is 10.3 Å². The third-order valence-electron chi connectivity index (χ3n) is 4.44. The number of esters is 1. The number of fused-ring (bicyclic) bond motifs is 1. The van der Waals surface area contributed by atoms with Crippen LogP contribution in [0.4, 0.5) is 0 Å². The molecule has 3 aromatic rings. The minimum absolute atomic E-state index is 0.0687. The predicted molar refractivity (Wildman–Crippen MR) is 105 cm³/mol. The van der Waals surface area contributed by atoms with E-state index >= 15 is 0 Å². The van der Waals surface area contributed by atoms with Crippen LogP contribution in [0, 0.1) is 0 Å². The fourth-order valence-corrected chi connectivity index (χ4v) is 2.99. The number of aromatic nitrogens is 2. The topological polar surface area (TPSA) is 82.5 Å². The number of ether oxygens (including phenoxy) is 2. The summed E-state index contributed by atoms with van der Waals surface area (Å²) in [7, 11) is 2.97. The molecule has 0 fully saturated rings. The van der Waals surface area contributed by atoms with E-state index < -0.39 is 0 Å². The number of hydrogen-bond donors (Lipinski definition) is 1. The predicted octanol–water partition coefficient (Wildman–Crippen LogP) is 2.12. The fraction of sp³-hybridized carbons (Fsp3) is 0.286. The second kappa shape index (κ2) is 9.03. The molecule has 1 aromatic heterocycles. The van der Waals surface area contributed by atoms with Crippen LogP contribution in [0.1, 0.15) is 11.4 Å². The molecule has 0 aliphatic rings. The molecule has 0 saturated heterocycles. The average Bonchev–Trinajstić information content (AvgIpc) is 3.06. The molecule has 0 bridgehead atoms. The Morgan fingerprint density at radius 2 is 1.82 bits per heavy atom. The molecule has 1 amide bonds. The van der Waals surface area contributed by atoms with E-state index in [0.717, 1.165) is 28.2 Å². The highest BCUT2D eigenvalue weighted by molar-refractivity contribution is 5.79. The van der Waals surface area contributed by atoms with Crippen molar-refractivity contribution in [3.8, 4) is 5.75 Å². The van der Waals surface area contributed by atoms with Gasteiger partial charge < -0.3 is 19.4 Å². The third-order valence-corrected chi connectivity index (χ3v) is 4.44. The summed E-state index contributed by atoms with van der Waals surface area (Å²) in [6.07, 6.45) is 0.808. The Morgan fingerprint density at radius 1 is 1.07 bits per heavy atom. The lowest BCUT2D eigenvalue weighted by molar-refractivity contribution is -0.141. The van der Waals surface area contributed by atoms with E-state index in [1.807, 2.05) is 53.1 Å². The summed E-state index contributed by atoms with van der Waals surface area (Å²) in [5.41, 5.74) is 2.59. The van der Waals surface area contributed by atoms with Gasteiger partial charge in [0.2, 0.25) is 5.91 Å². The van der Waals surface area contributed by atoms with E-state index in [-0.39, 0.29) is 18.4 Å². The van der Waals surface area contributed by atoms with Crippen LogP contribution in [0.25, 0.3) is 11.0 Å². The molecular weight excluding hydrogens is 358 g/mol. The van der Waals surface area contributed by atoms with Gasteiger partial charge >= 0.3 is 5.97 Å². The largest absolute Gasteiger partial charge is 0.497 e. The van der Waals surface area contributed by atoms with E-state index in [0.29, 0.717) is 19.4 Å². The van der Waals surface area contributed by atoms with Crippen LogP contribution in [-0.4, -0.2) is 42.2 Å². The van der Waals surface area contributed by atoms with Crippen LogP contribution in [0.5, 0.6) is 5.75 Å². The summed E-state index contributed by atoms with van der Waals surface area (Å²) >= 11 is 0. The Labute approximate surface area is 163 Å². The Morgan fingerprint density at radius 3 is 2.54 bits per heavy atom. The summed E-state index contributed by atoms with van der Waals surface area (Å²) in [6, 6.07) is 15.0.